The molecule has 0 aromatic heterocycles. The van der Waals surface area contributed by atoms with Crippen LogP contribution in [-0.2, 0) is 19.7 Å². The van der Waals surface area contributed by atoms with Gasteiger partial charge in [0.1, 0.15) is 6.73 Å². The number of carboxylic acid groups (broad SMARTS) is 1. The summed E-state index contributed by atoms with van der Waals surface area (Å²) in [5.41, 5.74) is 5.28. The van der Waals surface area contributed by atoms with Gasteiger partial charge >= 0.3 is 11.9 Å². The maximum Gasteiger partial charge on any atom is 0.332 e. The van der Waals surface area contributed by atoms with Crippen LogP contribution in [0.15, 0.2) is 59.7 Å². The van der Waals surface area contributed by atoms with Gasteiger partial charge in [-0.15, -0.1) is 0 Å². The number of rotatable bonds is 11. The van der Waals surface area contributed by atoms with Gasteiger partial charge in [-0.1, -0.05) is 73.4 Å². The SMILES string of the molecule is CCCC(CN(C)COC(=O)/C=C\C(=O)O)C(C)(C1=CC=C(C)CC1)c1ccc(C)cc1. The van der Waals surface area contributed by atoms with Gasteiger partial charge in [-0.25, -0.2) is 9.59 Å². The van der Waals surface area contributed by atoms with Crippen molar-refractivity contribution in [3.05, 3.63) is 70.8 Å². The van der Waals surface area contributed by atoms with Crippen LogP contribution in [0.2, 0.25) is 0 Å². The van der Waals surface area contributed by atoms with Gasteiger partial charge in [0.15, 0.2) is 0 Å². The molecule has 5 nitrogen and oxygen atoms in total. The third kappa shape index (κ3) is 6.92. The molecule has 1 aliphatic carbocycles. The Morgan fingerprint density at radius 1 is 1.16 bits per heavy atom. The Morgan fingerprint density at radius 2 is 1.84 bits per heavy atom. The summed E-state index contributed by atoms with van der Waals surface area (Å²) < 4.78 is 5.24. The maximum absolute atomic E-state index is 11.8. The van der Waals surface area contributed by atoms with Crippen molar-refractivity contribution in [1.82, 2.24) is 4.90 Å². The highest BCUT2D eigenvalue weighted by Gasteiger charge is 2.39. The second-order valence-electron chi connectivity index (χ2n) is 9.06. The van der Waals surface area contributed by atoms with Crippen molar-refractivity contribution in [3.8, 4) is 0 Å². The quantitative estimate of drug-likeness (QED) is 0.284. The molecule has 1 aromatic carbocycles. The summed E-state index contributed by atoms with van der Waals surface area (Å²) in [6.07, 6.45) is 10.5. The topological polar surface area (TPSA) is 66.8 Å². The summed E-state index contributed by atoms with van der Waals surface area (Å²) in [5, 5.41) is 8.66. The number of hydrogen-bond donors (Lipinski definition) is 1. The van der Waals surface area contributed by atoms with E-state index in [0.717, 1.165) is 44.4 Å². The normalized spacial score (nSPS) is 16.9. The molecule has 0 saturated heterocycles. The van der Waals surface area contributed by atoms with Crippen molar-refractivity contribution in [1.29, 1.82) is 0 Å². The predicted octanol–water partition coefficient (Wildman–Crippen LogP) is 5.41. The Kier molecular flexibility index (Phi) is 9.45. The average Bonchev–Trinajstić information content (AvgIpc) is 2.76. The summed E-state index contributed by atoms with van der Waals surface area (Å²) in [5.74, 6) is -1.49. The number of esters is 1. The average molecular weight is 440 g/mol. The van der Waals surface area contributed by atoms with Gasteiger partial charge in [-0.05, 0) is 51.6 Å². The molecule has 1 aromatic rings. The Labute approximate surface area is 192 Å². The summed E-state index contributed by atoms with van der Waals surface area (Å²) in [7, 11) is 1.94. The van der Waals surface area contributed by atoms with E-state index < -0.39 is 11.9 Å². The van der Waals surface area contributed by atoms with E-state index in [2.05, 4.69) is 64.1 Å². The molecular weight excluding hydrogens is 402 g/mol. The molecular formula is C27H37NO4. The minimum atomic E-state index is -1.17. The van der Waals surface area contributed by atoms with E-state index in [1.807, 2.05) is 11.9 Å². The van der Waals surface area contributed by atoms with Gasteiger partial charge < -0.3 is 9.84 Å². The van der Waals surface area contributed by atoms with Crippen LogP contribution >= 0.6 is 0 Å². The Hall–Kier alpha value is -2.66. The maximum atomic E-state index is 11.8. The van der Waals surface area contributed by atoms with Gasteiger partial charge in [0.2, 0.25) is 0 Å². The number of ether oxygens (including phenoxy) is 1. The molecule has 0 bridgehead atoms. The summed E-state index contributed by atoms with van der Waals surface area (Å²) >= 11 is 0. The van der Waals surface area contributed by atoms with E-state index in [4.69, 9.17) is 9.84 Å². The molecule has 0 aliphatic heterocycles. The molecule has 0 saturated carbocycles. The monoisotopic (exact) mass is 439 g/mol. The van der Waals surface area contributed by atoms with Gasteiger partial charge in [-0.2, -0.15) is 0 Å². The largest absolute Gasteiger partial charge is 0.478 e. The van der Waals surface area contributed by atoms with Crippen molar-refractivity contribution >= 4 is 11.9 Å². The number of carboxylic acids is 1. The zero-order valence-corrected chi connectivity index (χ0v) is 20.1. The fourth-order valence-corrected chi connectivity index (χ4v) is 4.46. The summed E-state index contributed by atoms with van der Waals surface area (Å²) in [4.78, 5) is 24.4. The third-order valence-electron chi connectivity index (χ3n) is 6.45. The standard InChI is InChI=1S/C27H37NO4/c1-6-7-24(18-28(5)19-32-26(31)17-16-25(29)30)27(4,22-12-8-20(2)9-13-22)23-14-10-21(3)11-15-23/h8-10,12-14,16-17,24H,6-7,11,15,18-19H2,1-5H3,(H,29,30)/b17-16-. The first-order valence-electron chi connectivity index (χ1n) is 11.4. The first-order chi connectivity index (χ1) is 15.2. The molecule has 2 unspecified atom stereocenters. The lowest BCUT2D eigenvalue weighted by molar-refractivity contribution is -0.142. The molecule has 174 valence electrons. The molecule has 2 rings (SSSR count). The lowest BCUT2D eigenvalue weighted by Crippen LogP contribution is -2.42. The Balaban J connectivity index is 2.28. The van der Waals surface area contributed by atoms with Gasteiger partial charge in [0.05, 0.1) is 0 Å². The molecule has 2 atom stereocenters. The van der Waals surface area contributed by atoms with Crippen LogP contribution in [0.5, 0.6) is 0 Å². The summed E-state index contributed by atoms with van der Waals surface area (Å²) in [6.45, 7) is 9.73. The van der Waals surface area contributed by atoms with E-state index in [1.54, 1.807) is 0 Å². The summed E-state index contributed by atoms with van der Waals surface area (Å²) in [6, 6.07) is 8.87. The first-order valence-corrected chi connectivity index (χ1v) is 11.4. The number of aryl methyl sites for hydroxylation is 1. The predicted molar refractivity (Wildman–Crippen MR) is 128 cm³/mol. The lowest BCUT2D eigenvalue weighted by Gasteiger charge is -2.43. The molecule has 32 heavy (non-hydrogen) atoms. The molecule has 0 amide bonds. The van der Waals surface area contributed by atoms with Crippen LogP contribution in [0.3, 0.4) is 0 Å². The molecule has 0 fully saturated rings. The number of carbonyl (C=O) groups is 2. The third-order valence-corrected chi connectivity index (χ3v) is 6.45. The Bertz CT molecular complexity index is 881. The number of allylic oxidation sites excluding steroid dienone is 4. The fourth-order valence-electron chi connectivity index (χ4n) is 4.46. The van der Waals surface area contributed by atoms with Crippen molar-refractivity contribution in [2.45, 2.75) is 58.8 Å². The smallest absolute Gasteiger partial charge is 0.332 e. The van der Waals surface area contributed by atoms with Crippen molar-refractivity contribution < 1.29 is 19.4 Å². The number of carbonyl (C=O) groups excluding carboxylic acids is 1. The van der Waals surface area contributed by atoms with E-state index in [-0.39, 0.29) is 12.1 Å². The van der Waals surface area contributed by atoms with Crippen molar-refractivity contribution in [3.63, 3.8) is 0 Å². The van der Waals surface area contributed by atoms with Crippen molar-refractivity contribution in [2.75, 3.05) is 20.3 Å². The first kappa shape index (κ1) is 25.6. The minimum absolute atomic E-state index is 0.116. The van der Waals surface area contributed by atoms with E-state index in [1.165, 1.54) is 22.3 Å². The number of nitrogens with zero attached hydrogens (tertiary/aromatic N) is 1. The number of aliphatic carboxylic acids is 1. The molecule has 0 radical (unpaired) electrons. The van der Waals surface area contributed by atoms with Crippen LogP contribution in [-0.4, -0.2) is 42.3 Å². The van der Waals surface area contributed by atoms with Crippen LogP contribution in [0.25, 0.3) is 0 Å². The Morgan fingerprint density at radius 3 is 2.41 bits per heavy atom. The van der Waals surface area contributed by atoms with Crippen LogP contribution in [0, 0.1) is 12.8 Å². The van der Waals surface area contributed by atoms with E-state index >= 15 is 0 Å². The van der Waals surface area contributed by atoms with E-state index in [9.17, 15) is 9.59 Å². The molecule has 1 N–H and O–H groups in total. The van der Waals surface area contributed by atoms with Crippen LogP contribution in [0.1, 0.15) is 57.6 Å². The zero-order chi connectivity index (χ0) is 23.7. The van der Waals surface area contributed by atoms with E-state index in [0.29, 0.717) is 5.92 Å². The van der Waals surface area contributed by atoms with Gasteiger partial charge in [0, 0.05) is 24.1 Å². The molecule has 0 spiro atoms. The number of benzene rings is 1. The highest BCUT2D eigenvalue weighted by atomic mass is 16.5. The minimum Gasteiger partial charge on any atom is -0.478 e. The molecule has 1 aliphatic rings. The van der Waals surface area contributed by atoms with Crippen molar-refractivity contribution in [2.24, 2.45) is 5.92 Å². The highest BCUT2D eigenvalue weighted by Crippen LogP contribution is 2.45. The fraction of sp³-hybridized carbons (Fsp3) is 0.481. The molecule has 5 heteroatoms. The zero-order valence-electron chi connectivity index (χ0n) is 20.1. The number of hydrogen-bond acceptors (Lipinski definition) is 4. The van der Waals surface area contributed by atoms with Crippen LogP contribution in [0.4, 0.5) is 0 Å². The molecule has 0 heterocycles. The second kappa shape index (κ2) is 11.8. The lowest BCUT2D eigenvalue weighted by atomic mass is 9.63. The van der Waals surface area contributed by atoms with Gasteiger partial charge in [-0.3, -0.25) is 4.90 Å². The van der Waals surface area contributed by atoms with Crippen LogP contribution < -0.4 is 0 Å². The van der Waals surface area contributed by atoms with Gasteiger partial charge in [0.25, 0.3) is 0 Å². The highest BCUT2D eigenvalue weighted by molar-refractivity contribution is 5.90. The second-order valence-corrected chi connectivity index (χ2v) is 9.06.